The minimum Gasteiger partial charge on any atom is -0.479 e. The number of nitrogens with zero attached hydrogens (tertiary/aromatic N) is 1. The van der Waals surface area contributed by atoms with Gasteiger partial charge in [0.15, 0.2) is 5.60 Å². The van der Waals surface area contributed by atoms with Gasteiger partial charge < -0.3 is 20.1 Å². The Bertz CT molecular complexity index is 445. The molecule has 0 aliphatic rings. The van der Waals surface area contributed by atoms with E-state index in [1.807, 2.05) is 0 Å². The molecular weight excluding hydrogens is 262 g/mol. The summed E-state index contributed by atoms with van der Waals surface area (Å²) in [6, 6.07) is 0. The number of rotatable bonds is 7. The van der Waals surface area contributed by atoms with E-state index in [0.717, 1.165) is 11.3 Å². The zero-order valence-electron chi connectivity index (χ0n) is 9.62. The summed E-state index contributed by atoms with van der Waals surface area (Å²) in [4.78, 5) is 25.9. The molecule has 7 nitrogen and oxygen atoms in total. The molecule has 0 aliphatic heterocycles. The first kappa shape index (κ1) is 14.6. The molecule has 0 saturated heterocycles. The van der Waals surface area contributed by atoms with Crippen molar-refractivity contribution in [2.75, 3.05) is 13.2 Å². The van der Waals surface area contributed by atoms with Gasteiger partial charge in [0.2, 0.25) is 5.01 Å². The number of aromatic carboxylic acids is 1. The van der Waals surface area contributed by atoms with Crippen LogP contribution in [0.2, 0.25) is 0 Å². The van der Waals surface area contributed by atoms with Gasteiger partial charge >= 0.3 is 11.9 Å². The summed E-state index contributed by atoms with van der Waals surface area (Å²) in [5.74, 6) is -2.47. The molecule has 0 aromatic carbocycles. The van der Waals surface area contributed by atoms with Crippen molar-refractivity contribution in [2.45, 2.75) is 18.9 Å². The van der Waals surface area contributed by atoms with Crippen LogP contribution in [0.25, 0.3) is 0 Å². The lowest BCUT2D eigenvalue weighted by Gasteiger charge is -2.26. The number of aromatic nitrogens is 1. The first-order valence-corrected chi connectivity index (χ1v) is 5.93. The molecule has 0 spiro atoms. The van der Waals surface area contributed by atoms with Crippen LogP contribution in [0.15, 0.2) is 6.20 Å². The number of aliphatic hydroxyl groups excluding tert-OH is 1. The topological polar surface area (TPSA) is 117 Å². The summed E-state index contributed by atoms with van der Waals surface area (Å²) in [5.41, 5.74) is -1.75. The fourth-order valence-corrected chi connectivity index (χ4v) is 2.26. The van der Waals surface area contributed by atoms with Gasteiger partial charge in [-0.2, -0.15) is 0 Å². The first-order chi connectivity index (χ1) is 8.45. The van der Waals surface area contributed by atoms with Gasteiger partial charge in [0.1, 0.15) is 0 Å². The molecule has 0 aliphatic carbocycles. The molecule has 1 aromatic rings. The molecule has 3 N–H and O–H groups in total. The van der Waals surface area contributed by atoms with Crippen LogP contribution in [0.1, 0.15) is 21.6 Å². The monoisotopic (exact) mass is 275 g/mol. The van der Waals surface area contributed by atoms with E-state index in [0.29, 0.717) is 4.88 Å². The smallest absolute Gasteiger partial charge is 0.365 e. The molecule has 8 heteroatoms. The van der Waals surface area contributed by atoms with Gasteiger partial charge in [0.25, 0.3) is 0 Å². The van der Waals surface area contributed by atoms with Gasteiger partial charge in [-0.25, -0.2) is 14.6 Å². The summed E-state index contributed by atoms with van der Waals surface area (Å²) in [6.07, 6.45) is 1.15. The number of carboxylic acids is 2. The fourth-order valence-electron chi connectivity index (χ4n) is 1.40. The highest BCUT2D eigenvalue weighted by Crippen LogP contribution is 2.23. The SMILES string of the molecule is CCOC(CO)(Cc1cnc(C(=O)O)s1)C(=O)O. The van der Waals surface area contributed by atoms with E-state index < -0.39 is 24.1 Å². The van der Waals surface area contributed by atoms with E-state index in [4.69, 9.17) is 14.9 Å². The number of carboxylic acid groups (broad SMARTS) is 2. The van der Waals surface area contributed by atoms with Gasteiger partial charge in [-0.3, -0.25) is 0 Å². The lowest BCUT2D eigenvalue weighted by molar-refractivity contribution is -0.171. The van der Waals surface area contributed by atoms with E-state index >= 15 is 0 Å². The third kappa shape index (κ3) is 3.03. The third-order valence-electron chi connectivity index (χ3n) is 2.26. The van der Waals surface area contributed by atoms with E-state index in [1.54, 1.807) is 6.92 Å². The number of aliphatic carboxylic acids is 1. The lowest BCUT2D eigenvalue weighted by Crippen LogP contribution is -2.47. The maximum atomic E-state index is 11.2. The summed E-state index contributed by atoms with van der Waals surface area (Å²) >= 11 is 0.861. The molecule has 18 heavy (non-hydrogen) atoms. The summed E-state index contributed by atoms with van der Waals surface area (Å²) in [5, 5.41) is 26.9. The Hall–Kier alpha value is -1.51. The number of aliphatic hydroxyl groups is 1. The fraction of sp³-hybridized carbons (Fsp3) is 0.500. The maximum Gasteiger partial charge on any atom is 0.365 e. The van der Waals surface area contributed by atoms with Crippen molar-refractivity contribution >= 4 is 23.3 Å². The van der Waals surface area contributed by atoms with Crippen molar-refractivity contribution < 1.29 is 29.6 Å². The molecule has 1 heterocycles. The van der Waals surface area contributed by atoms with Gasteiger partial charge in [0, 0.05) is 24.1 Å². The van der Waals surface area contributed by atoms with Crippen LogP contribution < -0.4 is 0 Å². The normalized spacial score (nSPS) is 14.1. The largest absolute Gasteiger partial charge is 0.479 e. The van der Waals surface area contributed by atoms with Crippen LogP contribution in [-0.2, 0) is 16.0 Å². The van der Waals surface area contributed by atoms with Gasteiger partial charge in [-0.1, -0.05) is 0 Å². The summed E-state index contributed by atoms with van der Waals surface area (Å²) < 4.78 is 5.10. The predicted octanol–water partition coefficient (Wildman–Crippen LogP) is 0.236. The number of ether oxygens (including phenoxy) is 1. The minimum absolute atomic E-state index is 0.122. The number of thiazole rings is 1. The van der Waals surface area contributed by atoms with Crippen molar-refractivity contribution in [2.24, 2.45) is 0 Å². The van der Waals surface area contributed by atoms with Gasteiger partial charge in [0.05, 0.1) is 6.61 Å². The van der Waals surface area contributed by atoms with Crippen LogP contribution in [0.5, 0.6) is 0 Å². The molecule has 0 radical (unpaired) electrons. The van der Waals surface area contributed by atoms with Crippen LogP contribution in [0.4, 0.5) is 0 Å². The van der Waals surface area contributed by atoms with Crippen molar-refractivity contribution in [1.82, 2.24) is 4.98 Å². The molecule has 1 rings (SSSR count). The lowest BCUT2D eigenvalue weighted by atomic mass is 10.00. The van der Waals surface area contributed by atoms with E-state index in [-0.39, 0.29) is 18.0 Å². The standard InChI is InChI=1S/C10H13NO6S/c1-2-17-10(5-12,9(15)16)3-6-4-11-7(18-6)8(13)14/h4,12H,2-3,5H2,1H3,(H,13,14)(H,15,16). The second-order valence-corrected chi connectivity index (χ2v) is 4.62. The van der Waals surface area contributed by atoms with Crippen LogP contribution in [0.3, 0.4) is 0 Å². The Kier molecular flexibility index (Phi) is 4.76. The molecule has 1 unspecified atom stereocenters. The van der Waals surface area contributed by atoms with Crippen molar-refractivity contribution in [1.29, 1.82) is 0 Å². The Morgan fingerprint density at radius 1 is 1.50 bits per heavy atom. The average molecular weight is 275 g/mol. The highest BCUT2D eigenvalue weighted by molar-refractivity contribution is 7.13. The zero-order chi connectivity index (χ0) is 13.8. The second kappa shape index (κ2) is 5.89. The van der Waals surface area contributed by atoms with E-state index in [1.165, 1.54) is 6.20 Å². The van der Waals surface area contributed by atoms with Crippen molar-refractivity contribution in [3.05, 3.63) is 16.1 Å². The molecular formula is C10H13NO6S. The molecule has 0 bridgehead atoms. The quantitative estimate of drug-likeness (QED) is 0.652. The summed E-state index contributed by atoms with van der Waals surface area (Å²) in [6.45, 7) is 1.04. The van der Waals surface area contributed by atoms with Gasteiger partial charge in [-0.15, -0.1) is 11.3 Å². The maximum absolute atomic E-state index is 11.2. The Morgan fingerprint density at radius 3 is 2.56 bits per heavy atom. The van der Waals surface area contributed by atoms with Crippen molar-refractivity contribution in [3.8, 4) is 0 Å². The Labute approximate surface area is 107 Å². The van der Waals surface area contributed by atoms with Crippen LogP contribution >= 0.6 is 11.3 Å². The highest BCUT2D eigenvalue weighted by atomic mass is 32.1. The van der Waals surface area contributed by atoms with E-state index in [2.05, 4.69) is 4.98 Å². The minimum atomic E-state index is -1.75. The highest BCUT2D eigenvalue weighted by Gasteiger charge is 2.39. The molecule has 0 fully saturated rings. The number of carbonyl (C=O) groups is 2. The Morgan fingerprint density at radius 2 is 2.17 bits per heavy atom. The van der Waals surface area contributed by atoms with E-state index in [9.17, 15) is 14.7 Å². The molecule has 100 valence electrons. The summed E-state index contributed by atoms with van der Waals surface area (Å²) in [7, 11) is 0. The molecule has 0 saturated carbocycles. The average Bonchev–Trinajstić information content (AvgIpc) is 2.76. The number of hydrogen-bond acceptors (Lipinski definition) is 6. The zero-order valence-corrected chi connectivity index (χ0v) is 10.4. The number of hydrogen-bond donors (Lipinski definition) is 3. The molecule has 1 atom stereocenters. The van der Waals surface area contributed by atoms with Gasteiger partial charge in [-0.05, 0) is 6.92 Å². The molecule has 1 aromatic heterocycles. The van der Waals surface area contributed by atoms with Crippen LogP contribution in [-0.4, -0.2) is 51.1 Å². The van der Waals surface area contributed by atoms with Crippen molar-refractivity contribution in [3.63, 3.8) is 0 Å². The van der Waals surface area contributed by atoms with Crippen LogP contribution in [0, 0.1) is 0 Å². The predicted molar refractivity (Wildman–Crippen MR) is 61.9 cm³/mol. The molecule has 0 amide bonds. The first-order valence-electron chi connectivity index (χ1n) is 5.11. The third-order valence-corrected chi connectivity index (χ3v) is 3.25. The second-order valence-electron chi connectivity index (χ2n) is 3.50. The Balaban J connectivity index is 2.95.